The van der Waals surface area contributed by atoms with Gasteiger partial charge in [-0.3, -0.25) is 0 Å². The third-order valence-electron chi connectivity index (χ3n) is 2.93. The van der Waals surface area contributed by atoms with Gasteiger partial charge in [0.15, 0.2) is 0 Å². The van der Waals surface area contributed by atoms with Gasteiger partial charge in [-0.15, -0.1) is 0 Å². The minimum atomic E-state index is 0.187. The van der Waals surface area contributed by atoms with Gasteiger partial charge in [0.1, 0.15) is 11.5 Å². The van der Waals surface area contributed by atoms with Crippen LogP contribution in [0.15, 0.2) is 27.3 Å². The molecule has 0 spiro atoms. The molecule has 1 N–H and O–H groups in total. The van der Waals surface area contributed by atoms with Crippen LogP contribution in [0.1, 0.15) is 42.5 Å². The second-order valence-electron chi connectivity index (χ2n) is 4.16. The van der Waals surface area contributed by atoms with Gasteiger partial charge in [-0.2, -0.15) is 11.3 Å². The average Bonchev–Trinajstić information content (AvgIpc) is 2.95. The Bertz CT molecular complexity index is 472. The van der Waals surface area contributed by atoms with Crippen LogP contribution in [0.4, 0.5) is 0 Å². The van der Waals surface area contributed by atoms with Crippen molar-refractivity contribution in [1.82, 2.24) is 5.32 Å². The van der Waals surface area contributed by atoms with Crippen LogP contribution in [-0.2, 0) is 6.42 Å². The molecule has 0 aliphatic heterocycles. The summed E-state index contributed by atoms with van der Waals surface area (Å²) in [6.07, 6.45) is 0.946. The van der Waals surface area contributed by atoms with Gasteiger partial charge in [-0.25, -0.2) is 0 Å². The summed E-state index contributed by atoms with van der Waals surface area (Å²) >= 11 is 1.75. The van der Waals surface area contributed by atoms with Crippen molar-refractivity contribution in [3.63, 3.8) is 0 Å². The largest absolute Gasteiger partial charge is 0.464 e. The molecule has 0 fully saturated rings. The predicted molar refractivity (Wildman–Crippen MR) is 72.7 cm³/mol. The second-order valence-corrected chi connectivity index (χ2v) is 4.90. The lowest BCUT2D eigenvalue weighted by molar-refractivity contribution is 0.425. The molecule has 2 rings (SSSR count). The fraction of sp³-hybridized carbons (Fsp3) is 0.429. The van der Waals surface area contributed by atoms with Crippen molar-refractivity contribution in [3.05, 3.63) is 45.5 Å². The number of nitrogens with one attached hydrogen (secondary N) is 1. The Morgan fingerprint density at radius 1 is 1.29 bits per heavy atom. The molecular formula is C14H19NOS. The number of thiophene rings is 1. The quantitative estimate of drug-likeness (QED) is 0.869. The first-order valence-corrected chi connectivity index (χ1v) is 7.05. The van der Waals surface area contributed by atoms with E-state index in [2.05, 4.69) is 49.0 Å². The van der Waals surface area contributed by atoms with Crippen molar-refractivity contribution in [2.24, 2.45) is 0 Å². The Hall–Kier alpha value is -1.06. The summed E-state index contributed by atoms with van der Waals surface area (Å²) in [6.45, 7) is 7.32. The fourth-order valence-electron chi connectivity index (χ4n) is 1.97. The van der Waals surface area contributed by atoms with E-state index in [0.717, 1.165) is 24.5 Å². The van der Waals surface area contributed by atoms with Crippen LogP contribution in [0, 0.1) is 6.92 Å². The fourth-order valence-corrected chi connectivity index (χ4v) is 2.85. The lowest BCUT2D eigenvalue weighted by atomic mass is 10.0. The van der Waals surface area contributed by atoms with Gasteiger partial charge in [0.25, 0.3) is 0 Å². The molecule has 0 bridgehead atoms. The second kappa shape index (κ2) is 5.52. The highest BCUT2D eigenvalue weighted by molar-refractivity contribution is 7.08. The van der Waals surface area contributed by atoms with Crippen LogP contribution in [0.3, 0.4) is 0 Å². The van der Waals surface area contributed by atoms with Gasteiger partial charge >= 0.3 is 0 Å². The topological polar surface area (TPSA) is 25.2 Å². The van der Waals surface area contributed by atoms with Crippen molar-refractivity contribution in [3.8, 4) is 0 Å². The Morgan fingerprint density at radius 3 is 2.65 bits per heavy atom. The van der Waals surface area contributed by atoms with Gasteiger partial charge in [0.2, 0.25) is 0 Å². The van der Waals surface area contributed by atoms with E-state index in [4.69, 9.17) is 4.42 Å². The smallest absolute Gasteiger partial charge is 0.125 e. The summed E-state index contributed by atoms with van der Waals surface area (Å²) in [6, 6.07) is 4.34. The van der Waals surface area contributed by atoms with E-state index in [1.807, 2.05) is 0 Å². The van der Waals surface area contributed by atoms with E-state index < -0.39 is 0 Å². The maximum atomic E-state index is 5.87. The standard InChI is InChI=1S/C14H19NOS/c1-4-11-6-7-13(16-11)14(15-5-2)12-9-17-8-10(12)3/h6-9,14-15H,4-5H2,1-3H3. The summed E-state index contributed by atoms with van der Waals surface area (Å²) < 4.78 is 5.87. The number of hydrogen-bond donors (Lipinski definition) is 1. The molecule has 0 saturated heterocycles. The molecular weight excluding hydrogens is 230 g/mol. The summed E-state index contributed by atoms with van der Waals surface area (Å²) in [4.78, 5) is 0. The summed E-state index contributed by atoms with van der Waals surface area (Å²) in [7, 11) is 0. The monoisotopic (exact) mass is 249 g/mol. The Kier molecular flexibility index (Phi) is 4.02. The average molecular weight is 249 g/mol. The highest BCUT2D eigenvalue weighted by Crippen LogP contribution is 2.28. The molecule has 0 aliphatic carbocycles. The van der Waals surface area contributed by atoms with Crippen molar-refractivity contribution in [2.45, 2.75) is 33.2 Å². The number of rotatable bonds is 5. The maximum absolute atomic E-state index is 5.87. The van der Waals surface area contributed by atoms with E-state index in [1.165, 1.54) is 11.1 Å². The summed E-state index contributed by atoms with van der Waals surface area (Å²) in [5, 5.41) is 7.88. The zero-order chi connectivity index (χ0) is 12.3. The van der Waals surface area contributed by atoms with Gasteiger partial charge in [-0.05, 0) is 47.5 Å². The van der Waals surface area contributed by atoms with Gasteiger partial charge in [0.05, 0.1) is 6.04 Å². The first-order chi connectivity index (χ1) is 8.26. The molecule has 1 atom stereocenters. The molecule has 0 saturated carbocycles. The van der Waals surface area contributed by atoms with Crippen molar-refractivity contribution in [1.29, 1.82) is 0 Å². The zero-order valence-corrected chi connectivity index (χ0v) is 11.4. The molecule has 3 heteroatoms. The van der Waals surface area contributed by atoms with E-state index in [1.54, 1.807) is 11.3 Å². The first kappa shape index (κ1) is 12.4. The van der Waals surface area contributed by atoms with Crippen molar-refractivity contribution < 1.29 is 4.42 Å². The van der Waals surface area contributed by atoms with E-state index >= 15 is 0 Å². The highest BCUT2D eigenvalue weighted by atomic mass is 32.1. The van der Waals surface area contributed by atoms with Crippen LogP contribution in [0.25, 0.3) is 0 Å². The van der Waals surface area contributed by atoms with Crippen LogP contribution in [-0.4, -0.2) is 6.54 Å². The SMILES string of the molecule is CCNC(c1ccc(CC)o1)c1cscc1C. The summed E-state index contributed by atoms with van der Waals surface area (Å²) in [5.74, 6) is 2.07. The Morgan fingerprint density at radius 2 is 2.12 bits per heavy atom. The lowest BCUT2D eigenvalue weighted by Crippen LogP contribution is -2.21. The molecule has 2 aromatic rings. The van der Waals surface area contributed by atoms with Gasteiger partial charge in [-0.1, -0.05) is 13.8 Å². The van der Waals surface area contributed by atoms with Crippen LogP contribution < -0.4 is 5.32 Å². The first-order valence-electron chi connectivity index (χ1n) is 6.11. The maximum Gasteiger partial charge on any atom is 0.125 e. The molecule has 0 radical (unpaired) electrons. The molecule has 2 heterocycles. The molecule has 2 nitrogen and oxygen atoms in total. The van der Waals surface area contributed by atoms with Crippen LogP contribution in [0.2, 0.25) is 0 Å². The minimum Gasteiger partial charge on any atom is -0.464 e. The number of aryl methyl sites for hydroxylation is 2. The molecule has 2 aromatic heterocycles. The van der Waals surface area contributed by atoms with Crippen LogP contribution in [0.5, 0.6) is 0 Å². The van der Waals surface area contributed by atoms with E-state index in [9.17, 15) is 0 Å². The Labute approximate surface area is 107 Å². The third-order valence-corrected chi connectivity index (χ3v) is 3.81. The minimum absolute atomic E-state index is 0.187. The number of furan rings is 1. The van der Waals surface area contributed by atoms with Crippen LogP contribution >= 0.6 is 11.3 Å². The Balaban J connectivity index is 2.32. The zero-order valence-electron chi connectivity index (χ0n) is 10.6. The molecule has 92 valence electrons. The van der Waals surface area contributed by atoms with Gasteiger partial charge < -0.3 is 9.73 Å². The summed E-state index contributed by atoms with van der Waals surface area (Å²) in [5.41, 5.74) is 2.66. The third kappa shape index (κ3) is 2.61. The highest BCUT2D eigenvalue weighted by Gasteiger charge is 2.19. The predicted octanol–water partition coefficient (Wildman–Crippen LogP) is 3.91. The van der Waals surface area contributed by atoms with E-state index in [0.29, 0.717) is 0 Å². The molecule has 0 aliphatic rings. The normalized spacial score (nSPS) is 12.9. The molecule has 0 amide bonds. The molecule has 0 aromatic carbocycles. The lowest BCUT2D eigenvalue weighted by Gasteiger charge is -2.15. The number of hydrogen-bond acceptors (Lipinski definition) is 3. The van der Waals surface area contributed by atoms with E-state index in [-0.39, 0.29) is 6.04 Å². The van der Waals surface area contributed by atoms with Crippen molar-refractivity contribution in [2.75, 3.05) is 6.54 Å². The van der Waals surface area contributed by atoms with Gasteiger partial charge in [0, 0.05) is 6.42 Å². The molecule has 17 heavy (non-hydrogen) atoms. The van der Waals surface area contributed by atoms with Crippen molar-refractivity contribution >= 4 is 11.3 Å². The molecule has 1 unspecified atom stereocenters.